The van der Waals surface area contributed by atoms with Crippen LogP contribution in [0.2, 0.25) is 0 Å². The first-order valence-electron chi connectivity index (χ1n) is 5.56. The zero-order chi connectivity index (χ0) is 14.5. The Bertz CT molecular complexity index is 457. The fraction of sp³-hybridized carbons (Fsp3) is 0.308. The Kier molecular flexibility index (Phi) is 4.97. The monoisotopic (exact) mass is 273 g/mol. The average molecular weight is 273 g/mol. The van der Waals surface area contributed by atoms with Crippen molar-refractivity contribution in [2.45, 2.75) is 19.1 Å². The molecule has 19 heavy (non-hydrogen) atoms. The lowest BCUT2D eigenvalue weighted by molar-refractivity contribution is -0.174. The predicted octanol–water partition coefficient (Wildman–Crippen LogP) is 2.99. The summed E-state index contributed by atoms with van der Waals surface area (Å²) in [5.41, 5.74) is 0.527. The van der Waals surface area contributed by atoms with Gasteiger partial charge in [0.2, 0.25) is 0 Å². The van der Waals surface area contributed by atoms with E-state index < -0.39 is 18.1 Å². The van der Waals surface area contributed by atoms with Crippen LogP contribution in [-0.4, -0.2) is 18.7 Å². The molecule has 0 aliphatic carbocycles. The minimum Gasteiger partial charge on any atom is -0.490 e. The van der Waals surface area contributed by atoms with Crippen LogP contribution in [-0.2, 0) is 4.79 Å². The maximum absolute atomic E-state index is 12.1. The molecule has 1 aromatic rings. The molecule has 0 saturated heterocycles. The van der Waals surface area contributed by atoms with Crippen LogP contribution >= 0.6 is 0 Å². The van der Waals surface area contributed by atoms with Crippen molar-refractivity contribution in [1.82, 2.24) is 5.32 Å². The molecule has 0 bridgehead atoms. The number of rotatable bonds is 5. The molecule has 0 unspecified atom stereocenters. The molecule has 0 aromatic heterocycles. The number of alkyl halides is 3. The highest BCUT2D eigenvalue weighted by atomic mass is 19.4. The number of ether oxygens (including phenoxy) is 1. The van der Waals surface area contributed by atoms with Crippen molar-refractivity contribution in [2.75, 3.05) is 6.61 Å². The molecule has 1 amide bonds. The van der Waals surface area contributed by atoms with Crippen LogP contribution in [0.1, 0.15) is 18.5 Å². The van der Waals surface area contributed by atoms with Gasteiger partial charge in [-0.15, -0.1) is 0 Å². The minimum atomic E-state index is -4.88. The number of nitrogens with one attached hydrogen (secondary N) is 1. The number of halogens is 3. The van der Waals surface area contributed by atoms with Crippen molar-refractivity contribution in [2.24, 2.45) is 0 Å². The fourth-order valence-corrected chi connectivity index (χ4v) is 1.39. The summed E-state index contributed by atoms with van der Waals surface area (Å²) >= 11 is 0. The summed E-state index contributed by atoms with van der Waals surface area (Å²) in [7, 11) is 0. The molecule has 0 spiro atoms. The lowest BCUT2D eigenvalue weighted by Gasteiger charge is -2.16. The van der Waals surface area contributed by atoms with Crippen LogP contribution in [0.4, 0.5) is 13.2 Å². The van der Waals surface area contributed by atoms with Gasteiger partial charge < -0.3 is 10.1 Å². The molecule has 0 aliphatic heterocycles. The number of benzene rings is 1. The highest BCUT2D eigenvalue weighted by Crippen LogP contribution is 2.21. The molecule has 1 atom stereocenters. The molecule has 0 fully saturated rings. The average Bonchev–Trinajstić information content (AvgIpc) is 2.35. The summed E-state index contributed by atoms with van der Waals surface area (Å²) in [6.07, 6.45) is -3.33. The molecule has 0 aliphatic rings. The third-order valence-electron chi connectivity index (χ3n) is 2.33. The van der Waals surface area contributed by atoms with Gasteiger partial charge in [-0.2, -0.15) is 13.2 Å². The molecule has 104 valence electrons. The SMILES string of the molecule is C=CCOc1cccc([C@@H](C)NC(=O)C(F)(F)F)c1. The largest absolute Gasteiger partial charge is 0.490 e. The van der Waals surface area contributed by atoms with Crippen molar-refractivity contribution in [3.8, 4) is 5.75 Å². The molecule has 6 heteroatoms. The third-order valence-corrected chi connectivity index (χ3v) is 2.33. The summed E-state index contributed by atoms with van der Waals surface area (Å²) in [6.45, 7) is 5.26. The summed E-state index contributed by atoms with van der Waals surface area (Å²) in [5.74, 6) is -1.46. The number of hydrogen-bond donors (Lipinski definition) is 1. The Hall–Kier alpha value is -1.98. The molecular weight excluding hydrogens is 259 g/mol. The van der Waals surface area contributed by atoms with Crippen molar-refractivity contribution < 1.29 is 22.7 Å². The fourth-order valence-electron chi connectivity index (χ4n) is 1.39. The van der Waals surface area contributed by atoms with E-state index in [2.05, 4.69) is 6.58 Å². The molecular formula is C13H14F3NO2. The van der Waals surface area contributed by atoms with E-state index in [0.717, 1.165) is 0 Å². The lowest BCUT2D eigenvalue weighted by atomic mass is 10.1. The van der Waals surface area contributed by atoms with Gasteiger partial charge in [-0.1, -0.05) is 24.8 Å². The van der Waals surface area contributed by atoms with E-state index in [4.69, 9.17) is 4.74 Å². The van der Waals surface area contributed by atoms with Gasteiger partial charge in [0, 0.05) is 0 Å². The van der Waals surface area contributed by atoms with Crippen LogP contribution in [0.25, 0.3) is 0 Å². The van der Waals surface area contributed by atoms with E-state index in [0.29, 0.717) is 17.9 Å². The first-order chi connectivity index (χ1) is 8.84. The second-order valence-corrected chi connectivity index (χ2v) is 3.87. The maximum atomic E-state index is 12.1. The van der Waals surface area contributed by atoms with Gasteiger partial charge >= 0.3 is 12.1 Å². The Morgan fingerprint density at radius 1 is 1.53 bits per heavy atom. The standard InChI is InChI=1S/C13H14F3NO2/c1-3-7-19-11-6-4-5-10(8-11)9(2)17-12(18)13(14,15)16/h3-6,8-9H,1,7H2,2H3,(H,17,18)/t9-/m1/s1. The van der Waals surface area contributed by atoms with Crippen LogP contribution in [0.3, 0.4) is 0 Å². The van der Waals surface area contributed by atoms with Crippen LogP contribution in [0.5, 0.6) is 5.75 Å². The molecule has 0 saturated carbocycles. The normalized spacial score (nSPS) is 12.6. The van der Waals surface area contributed by atoms with Crippen molar-refractivity contribution in [3.63, 3.8) is 0 Å². The van der Waals surface area contributed by atoms with Gasteiger partial charge in [-0.05, 0) is 24.6 Å². The highest BCUT2D eigenvalue weighted by Gasteiger charge is 2.39. The summed E-state index contributed by atoms with van der Waals surface area (Å²) in [6, 6.07) is 5.74. The number of amides is 1. The second kappa shape index (κ2) is 6.26. The van der Waals surface area contributed by atoms with Gasteiger partial charge in [0.25, 0.3) is 0 Å². The van der Waals surface area contributed by atoms with Gasteiger partial charge in [0.1, 0.15) is 12.4 Å². The minimum absolute atomic E-state index is 0.298. The molecule has 1 rings (SSSR count). The first kappa shape index (κ1) is 15.1. The van der Waals surface area contributed by atoms with Crippen LogP contribution in [0, 0.1) is 0 Å². The quantitative estimate of drug-likeness (QED) is 0.837. The lowest BCUT2D eigenvalue weighted by Crippen LogP contribution is -2.38. The van der Waals surface area contributed by atoms with Crippen molar-refractivity contribution >= 4 is 5.91 Å². The third kappa shape index (κ3) is 4.65. The van der Waals surface area contributed by atoms with Gasteiger partial charge in [0.05, 0.1) is 6.04 Å². The Morgan fingerprint density at radius 3 is 2.79 bits per heavy atom. The predicted molar refractivity (Wildman–Crippen MR) is 64.7 cm³/mol. The second-order valence-electron chi connectivity index (χ2n) is 3.87. The van der Waals surface area contributed by atoms with E-state index in [9.17, 15) is 18.0 Å². The molecule has 1 N–H and O–H groups in total. The summed E-state index contributed by atoms with van der Waals surface area (Å²) < 4.78 is 41.6. The highest BCUT2D eigenvalue weighted by molar-refractivity contribution is 5.82. The first-order valence-corrected chi connectivity index (χ1v) is 5.56. The number of hydrogen-bond acceptors (Lipinski definition) is 2. The van der Waals surface area contributed by atoms with E-state index >= 15 is 0 Å². The number of carbonyl (C=O) groups excluding carboxylic acids is 1. The molecule has 0 radical (unpaired) electrons. The van der Waals surface area contributed by atoms with Crippen molar-refractivity contribution in [3.05, 3.63) is 42.5 Å². The zero-order valence-corrected chi connectivity index (χ0v) is 10.3. The molecule has 0 heterocycles. The number of carbonyl (C=O) groups is 1. The van der Waals surface area contributed by atoms with Crippen molar-refractivity contribution in [1.29, 1.82) is 0 Å². The Morgan fingerprint density at radius 2 is 2.21 bits per heavy atom. The van der Waals surface area contributed by atoms with Crippen LogP contribution in [0.15, 0.2) is 36.9 Å². The van der Waals surface area contributed by atoms with Gasteiger partial charge in [0.15, 0.2) is 0 Å². The molecule has 1 aromatic carbocycles. The Balaban J connectivity index is 2.74. The van der Waals surface area contributed by atoms with Crippen LogP contribution < -0.4 is 10.1 Å². The zero-order valence-electron chi connectivity index (χ0n) is 10.3. The smallest absolute Gasteiger partial charge is 0.471 e. The summed E-state index contributed by atoms with van der Waals surface area (Å²) in [4.78, 5) is 10.8. The summed E-state index contributed by atoms with van der Waals surface area (Å²) in [5, 5.41) is 1.88. The van der Waals surface area contributed by atoms with Gasteiger partial charge in [-0.3, -0.25) is 4.79 Å². The molecule has 3 nitrogen and oxygen atoms in total. The topological polar surface area (TPSA) is 38.3 Å². The Labute approximate surface area is 109 Å². The van der Waals surface area contributed by atoms with E-state index in [-0.39, 0.29) is 0 Å². The van der Waals surface area contributed by atoms with E-state index in [1.54, 1.807) is 30.3 Å². The van der Waals surface area contributed by atoms with E-state index in [1.807, 2.05) is 5.32 Å². The van der Waals surface area contributed by atoms with E-state index in [1.165, 1.54) is 6.92 Å². The maximum Gasteiger partial charge on any atom is 0.471 e. The van der Waals surface area contributed by atoms with Gasteiger partial charge in [-0.25, -0.2) is 0 Å².